The van der Waals surface area contributed by atoms with Gasteiger partial charge in [0.1, 0.15) is 5.01 Å². The third-order valence-corrected chi connectivity index (χ3v) is 4.46. The van der Waals surface area contributed by atoms with Gasteiger partial charge in [-0.1, -0.05) is 0 Å². The molecule has 106 valence electrons. The van der Waals surface area contributed by atoms with E-state index in [1.807, 2.05) is 11.4 Å². The van der Waals surface area contributed by atoms with E-state index in [1.54, 1.807) is 23.7 Å². The van der Waals surface area contributed by atoms with Crippen molar-refractivity contribution < 1.29 is 0 Å². The lowest BCUT2D eigenvalue weighted by molar-refractivity contribution is 0.248. The molecular weight excluding hydrogens is 294 g/mol. The highest BCUT2D eigenvalue weighted by atomic mass is 35.5. The number of alkyl halides is 1. The average molecular weight is 310 g/mol. The highest BCUT2D eigenvalue weighted by molar-refractivity contribution is 7.09. The summed E-state index contributed by atoms with van der Waals surface area (Å²) >= 11 is 7.47. The van der Waals surface area contributed by atoms with E-state index < -0.39 is 0 Å². The Kier molecular flexibility index (Phi) is 4.44. The molecule has 0 bridgehead atoms. The van der Waals surface area contributed by atoms with Crippen molar-refractivity contribution in [1.29, 1.82) is 0 Å². The first-order valence-corrected chi connectivity index (χ1v) is 8.00. The second kappa shape index (κ2) is 6.47. The molecule has 2 aromatic heterocycles. The van der Waals surface area contributed by atoms with Crippen molar-refractivity contribution >= 4 is 28.9 Å². The first-order chi connectivity index (χ1) is 9.85. The van der Waals surface area contributed by atoms with Crippen LogP contribution in [0.3, 0.4) is 0 Å². The van der Waals surface area contributed by atoms with Gasteiger partial charge in [0.2, 0.25) is 5.95 Å². The normalized spacial score (nSPS) is 16.6. The summed E-state index contributed by atoms with van der Waals surface area (Å²) in [5.41, 5.74) is 0.975. The van der Waals surface area contributed by atoms with Crippen LogP contribution in [0.2, 0.25) is 0 Å². The number of hydrogen-bond acceptors (Lipinski definition) is 6. The number of piperazine rings is 1. The van der Waals surface area contributed by atoms with Crippen LogP contribution in [0.5, 0.6) is 0 Å². The number of aromatic nitrogens is 3. The van der Waals surface area contributed by atoms with Gasteiger partial charge in [-0.2, -0.15) is 0 Å². The second-order valence-corrected chi connectivity index (χ2v) is 5.89. The van der Waals surface area contributed by atoms with Gasteiger partial charge in [0.05, 0.1) is 18.1 Å². The van der Waals surface area contributed by atoms with Crippen molar-refractivity contribution in [3.8, 4) is 0 Å². The minimum atomic E-state index is 0.496. The van der Waals surface area contributed by atoms with Crippen LogP contribution in [0.1, 0.15) is 10.7 Å². The smallest absolute Gasteiger partial charge is 0.225 e. The molecule has 0 aliphatic carbocycles. The molecule has 5 nitrogen and oxygen atoms in total. The summed E-state index contributed by atoms with van der Waals surface area (Å²) in [7, 11) is 0. The topological polar surface area (TPSA) is 45.2 Å². The van der Waals surface area contributed by atoms with Gasteiger partial charge in [-0.05, 0) is 6.07 Å². The van der Waals surface area contributed by atoms with E-state index in [2.05, 4.69) is 24.8 Å². The Bertz CT molecular complexity index is 539. The number of hydrogen-bond donors (Lipinski definition) is 0. The fourth-order valence-corrected chi connectivity index (χ4v) is 3.30. The zero-order chi connectivity index (χ0) is 13.8. The molecule has 2 aromatic rings. The van der Waals surface area contributed by atoms with E-state index in [-0.39, 0.29) is 0 Å². The zero-order valence-electron chi connectivity index (χ0n) is 11.1. The molecule has 1 aliphatic heterocycles. The summed E-state index contributed by atoms with van der Waals surface area (Å²) in [4.78, 5) is 17.7. The van der Waals surface area contributed by atoms with Crippen LogP contribution < -0.4 is 4.90 Å². The maximum absolute atomic E-state index is 5.78. The minimum absolute atomic E-state index is 0.496. The van der Waals surface area contributed by atoms with Crippen molar-refractivity contribution in [3.05, 3.63) is 34.5 Å². The molecule has 0 aromatic carbocycles. The van der Waals surface area contributed by atoms with Crippen molar-refractivity contribution in [1.82, 2.24) is 19.9 Å². The van der Waals surface area contributed by atoms with Crippen LogP contribution >= 0.6 is 22.9 Å². The molecule has 20 heavy (non-hydrogen) atoms. The summed E-state index contributed by atoms with van der Waals surface area (Å²) in [6, 6.07) is 1.84. The van der Waals surface area contributed by atoms with Crippen LogP contribution in [0.15, 0.2) is 23.8 Å². The monoisotopic (exact) mass is 309 g/mol. The van der Waals surface area contributed by atoms with Gasteiger partial charge in [0, 0.05) is 44.0 Å². The van der Waals surface area contributed by atoms with Crippen molar-refractivity contribution in [2.45, 2.75) is 12.4 Å². The summed E-state index contributed by atoms with van der Waals surface area (Å²) < 4.78 is 0. The molecule has 3 rings (SSSR count). The average Bonchev–Trinajstić information content (AvgIpc) is 2.97. The third-order valence-electron chi connectivity index (χ3n) is 3.30. The molecule has 0 spiro atoms. The summed E-state index contributed by atoms with van der Waals surface area (Å²) in [6.45, 7) is 4.84. The molecule has 0 amide bonds. The van der Waals surface area contributed by atoms with E-state index in [0.717, 1.165) is 49.4 Å². The Morgan fingerprint density at radius 1 is 1.15 bits per heavy atom. The van der Waals surface area contributed by atoms with Gasteiger partial charge in [-0.3, -0.25) is 4.90 Å². The maximum atomic E-state index is 5.78. The summed E-state index contributed by atoms with van der Waals surface area (Å²) in [5, 5.41) is 3.18. The Morgan fingerprint density at radius 2 is 1.90 bits per heavy atom. The predicted molar refractivity (Wildman–Crippen MR) is 81.2 cm³/mol. The van der Waals surface area contributed by atoms with Crippen molar-refractivity contribution in [2.75, 3.05) is 31.1 Å². The quantitative estimate of drug-likeness (QED) is 0.808. The van der Waals surface area contributed by atoms with E-state index in [0.29, 0.717) is 5.88 Å². The van der Waals surface area contributed by atoms with Gasteiger partial charge in [-0.15, -0.1) is 22.9 Å². The van der Waals surface area contributed by atoms with E-state index >= 15 is 0 Å². The van der Waals surface area contributed by atoms with Crippen LogP contribution in [0.4, 0.5) is 5.95 Å². The Hall–Kier alpha value is -1.24. The van der Waals surface area contributed by atoms with Gasteiger partial charge >= 0.3 is 0 Å². The highest BCUT2D eigenvalue weighted by Gasteiger charge is 2.19. The fraction of sp³-hybridized carbons (Fsp3) is 0.462. The van der Waals surface area contributed by atoms with E-state index in [9.17, 15) is 0 Å². The Labute approximate surface area is 127 Å². The molecule has 1 saturated heterocycles. The molecule has 1 fully saturated rings. The third kappa shape index (κ3) is 3.26. The summed E-state index contributed by atoms with van der Waals surface area (Å²) in [5.74, 6) is 1.32. The van der Waals surface area contributed by atoms with Gasteiger partial charge in [0.25, 0.3) is 0 Å². The van der Waals surface area contributed by atoms with Crippen LogP contribution in [0.25, 0.3) is 0 Å². The molecular formula is C13H16ClN5S. The molecule has 3 heterocycles. The molecule has 0 saturated carbocycles. The van der Waals surface area contributed by atoms with Gasteiger partial charge in [0.15, 0.2) is 0 Å². The Balaban J connectivity index is 1.53. The standard InChI is InChI=1S/C13H16ClN5S/c14-8-11-10-20-12(17-11)9-18-4-6-19(7-5-18)13-15-2-1-3-16-13/h1-3,10H,4-9H2. The van der Waals surface area contributed by atoms with Crippen LogP contribution in [0, 0.1) is 0 Å². The van der Waals surface area contributed by atoms with Gasteiger partial charge < -0.3 is 4.90 Å². The summed E-state index contributed by atoms with van der Waals surface area (Å²) in [6.07, 6.45) is 3.58. The number of rotatable bonds is 4. The first-order valence-electron chi connectivity index (χ1n) is 6.59. The number of anilines is 1. The number of nitrogens with zero attached hydrogens (tertiary/aromatic N) is 5. The first kappa shape index (κ1) is 13.7. The largest absolute Gasteiger partial charge is 0.338 e. The fourth-order valence-electron chi connectivity index (χ4n) is 2.23. The zero-order valence-corrected chi connectivity index (χ0v) is 12.6. The maximum Gasteiger partial charge on any atom is 0.225 e. The van der Waals surface area contributed by atoms with Crippen LogP contribution in [-0.4, -0.2) is 46.0 Å². The molecule has 0 N–H and O–H groups in total. The lowest BCUT2D eigenvalue weighted by Crippen LogP contribution is -2.46. The molecule has 0 atom stereocenters. The SMILES string of the molecule is ClCc1csc(CN2CCN(c3ncccn3)CC2)n1. The highest BCUT2D eigenvalue weighted by Crippen LogP contribution is 2.16. The molecule has 0 unspecified atom stereocenters. The molecule has 1 aliphatic rings. The molecule has 0 radical (unpaired) electrons. The number of thiazole rings is 1. The van der Waals surface area contributed by atoms with E-state index in [1.165, 1.54) is 0 Å². The lowest BCUT2D eigenvalue weighted by atomic mass is 10.3. The van der Waals surface area contributed by atoms with Crippen molar-refractivity contribution in [3.63, 3.8) is 0 Å². The number of halogens is 1. The Morgan fingerprint density at radius 3 is 2.55 bits per heavy atom. The van der Waals surface area contributed by atoms with Crippen molar-refractivity contribution in [2.24, 2.45) is 0 Å². The predicted octanol–water partition coefficient (Wildman–Crippen LogP) is 1.99. The van der Waals surface area contributed by atoms with E-state index in [4.69, 9.17) is 11.6 Å². The van der Waals surface area contributed by atoms with Crippen LogP contribution in [-0.2, 0) is 12.4 Å². The molecule has 7 heteroatoms. The lowest BCUT2D eigenvalue weighted by Gasteiger charge is -2.34. The van der Waals surface area contributed by atoms with Gasteiger partial charge in [-0.25, -0.2) is 15.0 Å². The minimum Gasteiger partial charge on any atom is -0.338 e. The second-order valence-electron chi connectivity index (χ2n) is 4.68.